The molecule has 7 heteroatoms. The first-order chi connectivity index (χ1) is 8.01. The zero-order chi connectivity index (χ0) is 12.5. The number of rotatable bonds is 3. The van der Waals surface area contributed by atoms with Crippen molar-refractivity contribution in [3.8, 4) is 0 Å². The molecule has 0 unspecified atom stereocenters. The molecule has 0 aliphatic carbocycles. The van der Waals surface area contributed by atoms with Gasteiger partial charge in [-0.1, -0.05) is 0 Å². The van der Waals surface area contributed by atoms with Gasteiger partial charge < -0.3 is 4.90 Å². The fourth-order valence-electron chi connectivity index (χ4n) is 2.12. The van der Waals surface area contributed by atoms with Crippen LogP contribution in [0.25, 0.3) is 0 Å². The SMILES string of the molecule is CN(C)C1CCN(S(=O)(=O)c2ccn[nH]2)CC1. The highest BCUT2D eigenvalue weighted by atomic mass is 32.2. The standard InChI is InChI=1S/C10H18N4O2S/c1-13(2)9-4-7-14(8-5-9)17(15,16)10-3-6-11-12-10/h3,6,9H,4-5,7-8H2,1-2H3,(H,11,12). The lowest BCUT2D eigenvalue weighted by Gasteiger charge is -2.34. The van der Waals surface area contributed by atoms with E-state index < -0.39 is 10.0 Å². The van der Waals surface area contributed by atoms with E-state index in [1.807, 2.05) is 14.1 Å². The third-order valence-electron chi connectivity index (χ3n) is 3.25. The Balaban J connectivity index is 2.07. The molecule has 2 rings (SSSR count). The number of aromatic amines is 1. The maximum atomic E-state index is 12.2. The van der Waals surface area contributed by atoms with Crippen molar-refractivity contribution in [3.63, 3.8) is 0 Å². The highest BCUT2D eigenvalue weighted by Gasteiger charge is 2.30. The van der Waals surface area contributed by atoms with Gasteiger partial charge >= 0.3 is 0 Å². The molecule has 2 heterocycles. The number of sulfonamides is 1. The zero-order valence-electron chi connectivity index (χ0n) is 10.1. The van der Waals surface area contributed by atoms with Crippen LogP contribution in [0.5, 0.6) is 0 Å². The fraction of sp³-hybridized carbons (Fsp3) is 0.700. The maximum absolute atomic E-state index is 12.2. The predicted molar refractivity (Wildman–Crippen MR) is 64.1 cm³/mol. The number of nitrogens with one attached hydrogen (secondary N) is 1. The van der Waals surface area contributed by atoms with Crippen LogP contribution < -0.4 is 0 Å². The molecule has 1 aliphatic rings. The lowest BCUT2D eigenvalue weighted by molar-refractivity contribution is 0.196. The van der Waals surface area contributed by atoms with Gasteiger partial charge in [0.15, 0.2) is 5.03 Å². The number of hydrogen-bond acceptors (Lipinski definition) is 4. The summed E-state index contributed by atoms with van der Waals surface area (Å²) in [7, 11) is 0.692. The van der Waals surface area contributed by atoms with Crippen molar-refractivity contribution in [1.29, 1.82) is 0 Å². The fourth-order valence-corrected chi connectivity index (χ4v) is 3.50. The van der Waals surface area contributed by atoms with E-state index in [0.29, 0.717) is 19.1 Å². The Labute approximate surface area is 102 Å². The molecule has 1 aromatic heterocycles. The molecule has 0 atom stereocenters. The first kappa shape index (κ1) is 12.5. The first-order valence-corrected chi connectivity index (χ1v) is 7.12. The largest absolute Gasteiger partial charge is 0.306 e. The van der Waals surface area contributed by atoms with Gasteiger partial charge in [-0.15, -0.1) is 0 Å². The van der Waals surface area contributed by atoms with Crippen molar-refractivity contribution < 1.29 is 8.42 Å². The second-order valence-electron chi connectivity index (χ2n) is 4.52. The van der Waals surface area contributed by atoms with Crippen LogP contribution >= 0.6 is 0 Å². The van der Waals surface area contributed by atoms with Gasteiger partial charge in [-0.2, -0.15) is 9.40 Å². The lowest BCUT2D eigenvalue weighted by atomic mass is 10.1. The Morgan fingerprint density at radius 3 is 2.53 bits per heavy atom. The van der Waals surface area contributed by atoms with Crippen molar-refractivity contribution in [2.75, 3.05) is 27.2 Å². The van der Waals surface area contributed by atoms with Gasteiger partial charge in [-0.3, -0.25) is 5.10 Å². The van der Waals surface area contributed by atoms with E-state index in [2.05, 4.69) is 15.1 Å². The minimum atomic E-state index is -3.37. The van der Waals surface area contributed by atoms with Gasteiger partial charge in [-0.05, 0) is 33.0 Å². The number of hydrogen-bond donors (Lipinski definition) is 1. The lowest BCUT2D eigenvalue weighted by Crippen LogP contribution is -2.44. The van der Waals surface area contributed by atoms with E-state index in [9.17, 15) is 8.42 Å². The number of nitrogens with zero attached hydrogens (tertiary/aromatic N) is 3. The summed E-state index contributed by atoms with van der Waals surface area (Å²) in [5, 5.41) is 6.39. The minimum absolute atomic E-state index is 0.181. The van der Waals surface area contributed by atoms with Crippen LogP contribution in [0.1, 0.15) is 12.8 Å². The van der Waals surface area contributed by atoms with Crippen LogP contribution in [-0.2, 0) is 10.0 Å². The average Bonchev–Trinajstić information content (AvgIpc) is 2.83. The van der Waals surface area contributed by atoms with Crippen LogP contribution in [0.15, 0.2) is 17.3 Å². The molecular weight excluding hydrogens is 240 g/mol. The maximum Gasteiger partial charge on any atom is 0.259 e. The molecule has 0 bridgehead atoms. The van der Waals surface area contributed by atoms with E-state index in [0.717, 1.165) is 12.8 Å². The summed E-state index contributed by atoms with van der Waals surface area (Å²) in [4.78, 5) is 2.15. The highest BCUT2D eigenvalue weighted by Crippen LogP contribution is 2.20. The predicted octanol–water partition coefficient (Wildman–Crippen LogP) is 0.124. The van der Waals surface area contributed by atoms with E-state index in [4.69, 9.17) is 0 Å². The Morgan fingerprint density at radius 1 is 1.41 bits per heavy atom. The van der Waals surface area contributed by atoms with Gasteiger partial charge in [0.05, 0.1) is 6.20 Å². The summed E-state index contributed by atoms with van der Waals surface area (Å²) in [5.74, 6) is 0. The molecule has 17 heavy (non-hydrogen) atoms. The second-order valence-corrected chi connectivity index (χ2v) is 6.43. The van der Waals surface area contributed by atoms with Crippen molar-refractivity contribution in [1.82, 2.24) is 19.4 Å². The third kappa shape index (κ3) is 2.51. The Kier molecular flexibility index (Phi) is 3.50. The number of H-pyrrole nitrogens is 1. The van der Waals surface area contributed by atoms with Gasteiger partial charge in [0.2, 0.25) is 0 Å². The van der Waals surface area contributed by atoms with Crippen molar-refractivity contribution >= 4 is 10.0 Å². The van der Waals surface area contributed by atoms with Gasteiger partial charge in [0.1, 0.15) is 0 Å². The molecule has 0 radical (unpaired) electrons. The van der Waals surface area contributed by atoms with Gasteiger partial charge in [0, 0.05) is 19.1 Å². The Hall–Kier alpha value is -0.920. The second kappa shape index (κ2) is 4.75. The van der Waals surface area contributed by atoms with Gasteiger partial charge in [0.25, 0.3) is 10.0 Å². The van der Waals surface area contributed by atoms with E-state index in [1.54, 1.807) is 0 Å². The monoisotopic (exact) mass is 258 g/mol. The Morgan fingerprint density at radius 2 is 2.06 bits per heavy atom. The van der Waals surface area contributed by atoms with Crippen molar-refractivity contribution in [2.24, 2.45) is 0 Å². The summed E-state index contributed by atoms with van der Waals surface area (Å²) < 4.78 is 25.9. The first-order valence-electron chi connectivity index (χ1n) is 5.68. The van der Waals surface area contributed by atoms with Gasteiger partial charge in [-0.25, -0.2) is 8.42 Å². The normalized spacial score (nSPS) is 19.9. The average molecular weight is 258 g/mol. The van der Waals surface area contributed by atoms with Crippen LogP contribution in [0, 0.1) is 0 Å². The summed E-state index contributed by atoms with van der Waals surface area (Å²) >= 11 is 0. The van der Waals surface area contributed by atoms with Crippen LogP contribution in [0.3, 0.4) is 0 Å². The topological polar surface area (TPSA) is 69.3 Å². The summed E-state index contributed by atoms with van der Waals surface area (Å²) in [6.07, 6.45) is 3.21. The number of aromatic nitrogens is 2. The molecule has 0 aromatic carbocycles. The molecule has 6 nitrogen and oxygen atoms in total. The molecule has 1 saturated heterocycles. The molecule has 1 aromatic rings. The molecule has 1 fully saturated rings. The van der Waals surface area contributed by atoms with Crippen molar-refractivity contribution in [3.05, 3.63) is 12.3 Å². The smallest absolute Gasteiger partial charge is 0.259 e. The van der Waals surface area contributed by atoms with Crippen LogP contribution in [0.2, 0.25) is 0 Å². The van der Waals surface area contributed by atoms with Crippen molar-refractivity contribution in [2.45, 2.75) is 23.9 Å². The number of piperidine rings is 1. The van der Waals surface area contributed by atoms with Crippen LogP contribution in [0.4, 0.5) is 0 Å². The quantitative estimate of drug-likeness (QED) is 0.836. The van der Waals surface area contributed by atoms with E-state index >= 15 is 0 Å². The molecule has 0 spiro atoms. The van der Waals surface area contributed by atoms with E-state index in [-0.39, 0.29) is 5.03 Å². The zero-order valence-corrected chi connectivity index (χ0v) is 10.9. The third-order valence-corrected chi connectivity index (χ3v) is 5.07. The molecule has 96 valence electrons. The molecule has 0 saturated carbocycles. The van der Waals surface area contributed by atoms with E-state index in [1.165, 1.54) is 16.6 Å². The minimum Gasteiger partial charge on any atom is -0.306 e. The highest BCUT2D eigenvalue weighted by molar-refractivity contribution is 7.89. The molecule has 0 amide bonds. The molecule has 1 N–H and O–H groups in total. The summed E-state index contributed by atoms with van der Waals surface area (Å²) in [6, 6.07) is 1.97. The Bertz CT molecular complexity index is 447. The molecular formula is C10H18N4O2S. The summed E-state index contributed by atoms with van der Waals surface area (Å²) in [6.45, 7) is 1.15. The molecule has 1 aliphatic heterocycles. The summed E-state index contributed by atoms with van der Waals surface area (Å²) in [5.41, 5.74) is 0. The van der Waals surface area contributed by atoms with Crippen LogP contribution in [-0.4, -0.2) is 61.0 Å².